The first-order valence-corrected chi connectivity index (χ1v) is 12.9. The van der Waals surface area contributed by atoms with Gasteiger partial charge in [-0.1, -0.05) is 88.4 Å². The third kappa shape index (κ3) is 3.65. The SMILES string of the molecule is Cc1c(-[n+]2c(C)ccc3c4cccc(CC(C)C)c4sc32)cc(C(C)(C)C)c2ccccc12. The monoisotopic (exact) mass is 452 g/mol. The van der Waals surface area contributed by atoms with Crippen molar-refractivity contribution in [2.24, 2.45) is 5.92 Å². The molecule has 0 radical (unpaired) electrons. The highest BCUT2D eigenvalue weighted by Crippen LogP contribution is 2.38. The highest BCUT2D eigenvalue weighted by molar-refractivity contribution is 7.25. The van der Waals surface area contributed by atoms with Crippen LogP contribution in [0, 0.1) is 19.8 Å². The van der Waals surface area contributed by atoms with Gasteiger partial charge in [-0.25, -0.2) is 0 Å². The summed E-state index contributed by atoms with van der Waals surface area (Å²) >= 11 is 1.96. The summed E-state index contributed by atoms with van der Waals surface area (Å²) in [6, 6.07) is 22.8. The molecule has 0 amide bonds. The molecule has 1 nitrogen and oxygen atoms in total. The lowest BCUT2D eigenvalue weighted by atomic mass is 9.82. The van der Waals surface area contributed by atoms with E-state index in [1.807, 2.05) is 11.3 Å². The molecule has 2 heteroatoms. The van der Waals surface area contributed by atoms with Gasteiger partial charge in [0.05, 0.1) is 5.39 Å². The van der Waals surface area contributed by atoms with Crippen molar-refractivity contribution < 1.29 is 4.57 Å². The van der Waals surface area contributed by atoms with Gasteiger partial charge in [-0.2, -0.15) is 0 Å². The molecule has 3 aromatic carbocycles. The molecule has 33 heavy (non-hydrogen) atoms. The molecule has 0 saturated heterocycles. The summed E-state index contributed by atoms with van der Waals surface area (Å²) in [6.45, 7) is 16.1. The lowest BCUT2D eigenvalue weighted by molar-refractivity contribution is -0.572. The maximum absolute atomic E-state index is 2.51. The molecule has 168 valence electrons. The number of nitrogens with zero attached hydrogens (tertiary/aromatic N) is 1. The van der Waals surface area contributed by atoms with Crippen LogP contribution in [0.4, 0.5) is 0 Å². The fourth-order valence-electron chi connectivity index (χ4n) is 5.21. The van der Waals surface area contributed by atoms with Gasteiger partial charge < -0.3 is 0 Å². The number of aromatic nitrogens is 1. The van der Waals surface area contributed by atoms with Crippen LogP contribution in [0.3, 0.4) is 0 Å². The average Bonchev–Trinajstić information content (AvgIpc) is 3.13. The normalized spacial score (nSPS) is 12.5. The molecule has 0 aliphatic heterocycles. The Bertz CT molecular complexity index is 1510. The molecule has 2 heterocycles. The van der Waals surface area contributed by atoms with Crippen LogP contribution in [0.25, 0.3) is 36.8 Å². The maximum Gasteiger partial charge on any atom is 0.276 e. The minimum atomic E-state index is 0.0645. The number of hydrogen-bond acceptors (Lipinski definition) is 1. The third-order valence-electron chi connectivity index (χ3n) is 6.83. The summed E-state index contributed by atoms with van der Waals surface area (Å²) in [4.78, 5) is 1.35. The van der Waals surface area contributed by atoms with E-state index in [0.29, 0.717) is 5.92 Å². The standard InChI is InChI=1S/C31H34NS/c1-19(2)17-22-11-10-14-25-26-16-15-20(3)32(30(26)33-29(22)25)28-18-27(31(5,6)7)24-13-9-8-12-23(24)21(28)4/h8-16,18-19H,17H2,1-7H3/q+1. The van der Waals surface area contributed by atoms with Crippen molar-refractivity contribution >= 4 is 42.4 Å². The van der Waals surface area contributed by atoms with Crippen LogP contribution < -0.4 is 4.57 Å². The lowest BCUT2D eigenvalue weighted by Gasteiger charge is -2.23. The Hall–Kier alpha value is -2.71. The molecule has 5 aromatic rings. The van der Waals surface area contributed by atoms with Gasteiger partial charge in [-0.05, 0) is 52.6 Å². The largest absolute Gasteiger partial charge is 0.276 e. The van der Waals surface area contributed by atoms with Gasteiger partial charge in [0.15, 0.2) is 5.69 Å². The number of hydrogen-bond donors (Lipinski definition) is 0. The molecular weight excluding hydrogens is 418 g/mol. The Balaban J connectivity index is 1.89. The minimum Gasteiger partial charge on any atom is -0.148 e. The Labute approximate surface area is 201 Å². The molecule has 0 aliphatic rings. The first-order chi connectivity index (χ1) is 15.7. The van der Waals surface area contributed by atoms with E-state index < -0.39 is 0 Å². The second kappa shape index (κ2) is 7.95. The van der Waals surface area contributed by atoms with E-state index in [1.54, 1.807) is 0 Å². The zero-order valence-corrected chi connectivity index (χ0v) is 21.7. The van der Waals surface area contributed by atoms with E-state index in [-0.39, 0.29) is 5.41 Å². The van der Waals surface area contributed by atoms with E-state index in [2.05, 4.69) is 114 Å². The van der Waals surface area contributed by atoms with Crippen molar-refractivity contribution in [3.63, 3.8) is 0 Å². The van der Waals surface area contributed by atoms with Crippen molar-refractivity contribution in [2.45, 2.75) is 60.3 Å². The number of rotatable bonds is 3. The fraction of sp³-hybridized carbons (Fsp3) is 0.323. The third-order valence-corrected chi connectivity index (χ3v) is 8.11. The molecule has 0 unspecified atom stereocenters. The van der Waals surface area contributed by atoms with Gasteiger partial charge in [0, 0.05) is 34.7 Å². The zero-order chi connectivity index (χ0) is 23.5. The van der Waals surface area contributed by atoms with Crippen LogP contribution in [0.5, 0.6) is 0 Å². The molecule has 0 bridgehead atoms. The molecule has 0 saturated carbocycles. The Kier molecular flexibility index (Phi) is 5.33. The van der Waals surface area contributed by atoms with Gasteiger partial charge in [-0.3, -0.25) is 0 Å². The Morgan fingerprint density at radius 1 is 0.818 bits per heavy atom. The predicted molar refractivity (Wildman–Crippen MR) is 145 cm³/mol. The summed E-state index contributed by atoms with van der Waals surface area (Å²) in [6.07, 6.45) is 1.12. The topological polar surface area (TPSA) is 3.88 Å². The molecule has 0 N–H and O–H groups in total. The predicted octanol–water partition coefficient (Wildman–Crippen LogP) is 8.60. The molecule has 0 fully saturated rings. The average molecular weight is 453 g/mol. The Morgan fingerprint density at radius 2 is 1.52 bits per heavy atom. The summed E-state index contributed by atoms with van der Waals surface area (Å²) in [7, 11) is 0. The summed E-state index contributed by atoms with van der Waals surface area (Å²) < 4.78 is 3.95. The fourth-order valence-corrected chi connectivity index (χ4v) is 6.59. The summed E-state index contributed by atoms with van der Waals surface area (Å²) in [5.41, 5.74) is 6.87. The van der Waals surface area contributed by atoms with Gasteiger partial charge in [0.1, 0.15) is 0 Å². The molecule has 0 aliphatic carbocycles. The molecule has 0 spiro atoms. The number of fused-ring (bicyclic) bond motifs is 4. The van der Waals surface area contributed by atoms with Crippen LogP contribution >= 0.6 is 11.3 Å². The second-order valence-corrected chi connectivity index (χ2v) is 11.9. The molecule has 5 rings (SSSR count). The van der Waals surface area contributed by atoms with Crippen molar-refractivity contribution in [2.75, 3.05) is 0 Å². The van der Waals surface area contributed by atoms with Crippen molar-refractivity contribution in [1.29, 1.82) is 0 Å². The number of pyridine rings is 1. The molecular formula is C31H34NS+. The highest BCUT2D eigenvalue weighted by atomic mass is 32.1. The van der Waals surface area contributed by atoms with Crippen LogP contribution in [-0.2, 0) is 11.8 Å². The van der Waals surface area contributed by atoms with Crippen LogP contribution in [0.2, 0.25) is 0 Å². The zero-order valence-electron chi connectivity index (χ0n) is 20.9. The van der Waals surface area contributed by atoms with E-state index in [1.165, 1.54) is 59.1 Å². The first-order valence-electron chi connectivity index (χ1n) is 12.1. The van der Waals surface area contributed by atoms with E-state index in [9.17, 15) is 0 Å². The first kappa shape index (κ1) is 22.1. The smallest absolute Gasteiger partial charge is 0.148 e. The lowest BCUT2D eigenvalue weighted by Crippen LogP contribution is -2.36. The van der Waals surface area contributed by atoms with E-state index in [0.717, 1.165) is 6.42 Å². The quantitative estimate of drug-likeness (QED) is 0.241. The van der Waals surface area contributed by atoms with Gasteiger partial charge in [0.25, 0.3) is 4.83 Å². The Morgan fingerprint density at radius 3 is 2.21 bits per heavy atom. The van der Waals surface area contributed by atoms with Crippen LogP contribution in [-0.4, -0.2) is 0 Å². The number of benzene rings is 3. The summed E-state index contributed by atoms with van der Waals surface area (Å²) in [5, 5.41) is 5.46. The van der Waals surface area contributed by atoms with Gasteiger partial charge in [-0.15, -0.1) is 4.57 Å². The summed E-state index contributed by atoms with van der Waals surface area (Å²) in [5.74, 6) is 0.645. The van der Waals surface area contributed by atoms with Gasteiger partial charge in [0.2, 0.25) is 5.69 Å². The van der Waals surface area contributed by atoms with E-state index in [4.69, 9.17) is 0 Å². The minimum absolute atomic E-state index is 0.0645. The molecule has 2 aromatic heterocycles. The maximum atomic E-state index is 2.51. The van der Waals surface area contributed by atoms with Crippen LogP contribution in [0.15, 0.2) is 60.7 Å². The van der Waals surface area contributed by atoms with Crippen molar-refractivity contribution in [3.05, 3.63) is 83.0 Å². The highest BCUT2D eigenvalue weighted by Gasteiger charge is 2.27. The van der Waals surface area contributed by atoms with Crippen molar-refractivity contribution in [3.8, 4) is 5.69 Å². The van der Waals surface area contributed by atoms with Gasteiger partial charge >= 0.3 is 0 Å². The second-order valence-electron chi connectivity index (χ2n) is 10.9. The van der Waals surface area contributed by atoms with Crippen molar-refractivity contribution in [1.82, 2.24) is 0 Å². The van der Waals surface area contributed by atoms with E-state index >= 15 is 0 Å². The van der Waals surface area contributed by atoms with Crippen LogP contribution in [0.1, 0.15) is 57.0 Å². The number of thiophene rings is 1. The molecule has 0 atom stereocenters. The number of aryl methyl sites for hydroxylation is 2.